The van der Waals surface area contributed by atoms with E-state index in [0.717, 1.165) is 0 Å². The molecule has 152 valence electrons. The van der Waals surface area contributed by atoms with E-state index >= 15 is 0 Å². The average molecular weight is 396 g/mol. The van der Waals surface area contributed by atoms with E-state index in [1.165, 1.54) is 18.7 Å². The minimum absolute atomic E-state index is 0.0329. The number of benzene rings is 2. The SMILES string of the molecule is CCOC(=O)c1ccccc1N(CCC(=O)Nc1ccc(C(C)=O)cc1)C(C)=O. The second-order valence-corrected chi connectivity index (χ2v) is 6.34. The fourth-order valence-corrected chi connectivity index (χ4v) is 2.76. The van der Waals surface area contributed by atoms with Crippen molar-refractivity contribution in [2.24, 2.45) is 0 Å². The number of Topliss-reactive ketones (excluding diaryl/α,β-unsaturated/α-hetero) is 1. The predicted octanol–water partition coefficient (Wildman–Crippen LogP) is 3.45. The summed E-state index contributed by atoms with van der Waals surface area (Å²) >= 11 is 0. The van der Waals surface area contributed by atoms with Gasteiger partial charge in [-0.15, -0.1) is 0 Å². The maximum absolute atomic E-state index is 12.3. The molecule has 0 fully saturated rings. The third kappa shape index (κ3) is 6.00. The van der Waals surface area contributed by atoms with Gasteiger partial charge in [0.25, 0.3) is 0 Å². The Morgan fingerprint density at radius 1 is 0.966 bits per heavy atom. The van der Waals surface area contributed by atoms with Crippen LogP contribution in [-0.4, -0.2) is 36.7 Å². The number of ether oxygens (including phenoxy) is 1. The molecule has 0 aliphatic carbocycles. The van der Waals surface area contributed by atoms with E-state index in [0.29, 0.717) is 16.9 Å². The van der Waals surface area contributed by atoms with E-state index < -0.39 is 5.97 Å². The zero-order valence-electron chi connectivity index (χ0n) is 16.7. The van der Waals surface area contributed by atoms with E-state index in [1.54, 1.807) is 55.5 Å². The van der Waals surface area contributed by atoms with Gasteiger partial charge < -0.3 is 15.0 Å². The molecule has 7 nitrogen and oxygen atoms in total. The van der Waals surface area contributed by atoms with E-state index in [4.69, 9.17) is 4.74 Å². The molecule has 0 spiro atoms. The molecule has 0 aromatic heterocycles. The smallest absolute Gasteiger partial charge is 0.340 e. The fourth-order valence-electron chi connectivity index (χ4n) is 2.76. The van der Waals surface area contributed by atoms with Crippen LogP contribution in [0.2, 0.25) is 0 Å². The summed E-state index contributed by atoms with van der Waals surface area (Å²) < 4.78 is 5.05. The van der Waals surface area contributed by atoms with Gasteiger partial charge in [-0.05, 0) is 50.2 Å². The number of hydrogen-bond acceptors (Lipinski definition) is 5. The van der Waals surface area contributed by atoms with Gasteiger partial charge in [0.2, 0.25) is 11.8 Å². The van der Waals surface area contributed by atoms with Crippen molar-refractivity contribution in [3.63, 3.8) is 0 Å². The second kappa shape index (κ2) is 10.2. The molecule has 0 bridgehead atoms. The van der Waals surface area contributed by atoms with Crippen molar-refractivity contribution in [3.8, 4) is 0 Å². The van der Waals surface area contributed by atoms with Crippen molar-refractivity contribution in [3.05, 3.63) is 59.7 Å². The highest BCUT2D eigenvalue weighted by molar-refractivity contribution is 6.02. The highest BCUT2D eigenvalue weighted by Crippen LogP contribution is 2.22. The van der Waals surface area contributed by atoms with Crippen LogP contribution in [0.5, 0.6) is 0 Å². The molecule has 0 atom stereocenters. The molecule has 1 N–H and O–H groups in total. The quantitative estimate of drug-likeness (QED) is 0.545. The first-order chi connectivity index (χ1) is 13.8. The standard InChI is InChI=1S/C22H24N2O5/c1-4-29-22(28)19-7-5-6-8-20(19)24(16(3)26)14-13-21(27)23-18-11-9-17(10-12-18)15(2)25/h5-12H,4,13-14H2,1-3H3,(H,23,27). The molecule has 7 heteroatoms. The van der Waals surface area contributed by atoms with Crippen molar-refractivity contribution in [2.45, 2.75) is 27.2 Å². The van der Waals surface area contributed by atoms with Crippen molar-refractivity contribution in [1.82, 2.24) is 0 Å². The molecule has 0 radical (unpaired) electrons. The number of anilines is 2. The number of carbonyl (C=O) groups is 4. The third-order valence-electron chi connectivity index (χ3n) is 4.21. The maximum Gasteiger partial charge on any atom is 0.340 e. The Morgan fingerprint density at radius 3 is 2.21 bits per heavy atom. The number of carbonyl (C=O) groups excluding carboxylic acids is 4. The Balaban J connectivity index is 2.08. The normalized spacial score (nSPS) is 10.2. The van der Waals surface area contributed by atoms with Crippen LogP contribution in [0.15, 0.2) is 48.5 Å². The molecule has 0 saturated heterocycles. The molecule has 2 rings (SSSR count). The third-order valence-corrected chi connectivity index (χ3v) is 4.21. The molecule has 2 aromatic carbocycles. The number of ketones is 1. The monoisotopic (exact) mass is 396 g/mol. The largest absolute Gasteiger partial charge is 0.462 e. The molecular weight excluding hydrogens is 372 g/mol. The van der Waals surface area contributed by atoms with E-state index in [1.807, 2.05) is 0 Å². The first-order valence-electron chi connectivity index (χ1n) is 9.28. The Morgan fingerprint density at radius 2 is 1.62 bits per heavy atom. The molecule has 0 aliphatic rings. The van der Waals surface area contributed by atoms with E-state index in [9.17, 15) is 19.2 Å². The Hall–Kier alpha value is -3.48. The van der Waals surface area contributed by atoms with Gasteiger partial charge in [-0.25, -0.2) is 4.79 Å². The number of para-hydroxylation sites is 1. The van der Waals surface area contributed by atoms with Crippen LogP contribution in [0.25, 0.3) is 0 Å². The molecule has 0 aliphatic heterocycles. The lowest BCUT2D eigenvalue weighted by atomic mass is 10.1. The summed E-state index contributed by atoms with van der Waals surface area (Å²) in [4.78, 5) is 49.3. The number of rotatable bonds is 8. The molecule has 0 unspecified atom stereocenters. The van der Waals surface area contributed by atoms with E-state index in [2.05, 4.69) is 5.32 Å². The van der Waals surface area contributed by atoms with Crippen molar-refractivity contribution < 1.29 is 23.9 Å². The number of hydrogen-bond donors (Lipinski definition) is 1. The van der Waals surface area contributed by atoms with Gasteiger partial charge in [0.15, 0.2) is 5.78 Å². The lowest BCUT2D eigenvalue weighted by Crippen LogP contribution is -2.33. The minimum Gasteiger partial charge on any atom is -0.462 e. The van der Waals surface area contributed by atoms with Gasteiger partial charge in [-0.3, -0.25) is 14.4 Å². The molecule has 0 saturated carbocycles. The summed E-state index contributed by atoms with van der Waals surface area (Å²) in [5, 5.41) is 2.73. The van der Waals surface area contributed by atoms with Gasteiger partial charge in [0.05, 0.1) is 17.9 Å². The summed E-state index contributed by atoms with van der Waals surface area (Å²) in [7, 11) is 0. The summed E-state index contributed by atoms with van der Waals surface area (Å²) in [6.45, 7) is 4.87. The van der Waals surface area contributed by atoms with Gasteiger partial charge in [0, 0.05) is 31.1 Å². The number of amides is 2. The Kier molecular flexibility index (Phi) is 7.65. The van der Waals surface area contributed by atoms with E-state index in [-0.39, 0.29) is 42.7 Å². The average Bonchev–Trinajstić information content (AvgIpc) is 2.68. The Bertz CT molecular complexity index is 906. The first-order valence-corrected chi connectivity index (χ1v) is 9.28. The van der Waals surface area contributed by atoms with Crippen LogP contribution in [0.1, 0.15) is 47.9 Å². The van der Waals surface area contributed by atoms with Gasteiger partial charge in [-0.1, -0.05) is 12.1 Å². The predicted molar refractivity (Wildman–Crippen MR) is 110 cm³/mol. The molecule has 2 amide bonds. The van der Waals surface area contributed by atoms with Gasteiger partial charge >= 0.3 is 5.97 Å². The lowest BCUT2D eigenvalue weighted by molar-refractivity contribution is -0.117. The topological polar surface area (TPSA) is 92.8 Å². The molecular formula is C22H24N2O5. The van der Waals surface area contributed by atoms with Gasteiger partial charge in [-0.2, -0.15) is 0 Å². The van der Waals surface area contributed by atoms with Crippen LogP contribution in [0.4, 0.5) is 11.4 Å². The highest BCUT2D eigenvalue weighted by atomic mass is 16.5. The Labute approximate surface area is 169 Å². The summed E-state index contributed by atoms with van der Waals surface area (Å²) in [6.07, 6.45) is 0.0329. The van der Waals surface area contributed by atoms with Crippen LogP contribution in [-0.2, 0) is 14.3 Å². The maximum atomic E-state index is 12.3. The van der Waals surface area contributed by atoms with Crippen LogP contribution in [0, 0.1) is 0 Å². The van der Waals surface area contributed by atoms with Crippen LogP contribution in [0.3, 0.4) is 0 Å². The number of nitrogens with zero attached hydrogens (tertiary/aromatic N) is 1. The molecule has 29 heavy (non-hydrogen) atoms. The summed E-state index contributed by atoms with van der Waals surface area (Å²) in [5.74, 6) is -1.16. The van der Waals surface area contributed by atoms with Crippen LogP contribution >= 0.6 is 0 Å². The zero-order chi connectivity index (χ0) is 21.4. The van der Waals surface area contributed by atoms with Crippen LogP contribution < -0.4 is 10.2 Å². The van der Waals surface area contributed by atoms with Crippen molar-refractivity contribution in [2.75, 3.05) is 23.4 Å². The number of esters is 1. The number of nitrogens with one attached hydrogen (secondary N) is 1. The van der Waals surface area contributed by atoms with Crippen molar-refractivity contribution >= 4 is 34.9 Å². The highest BCUT2D eigenvalue weighted by Gasteiger charge is 2.20. The molecule has 2 aromatic rings. The lowest BCUT2D eigenvalue weighted by Gasteiger charge is -2.23. The first kappa shape index (κ1) is 21.8. The molecule has 0 heterocycles. The van der Waals surface area contributed by atoms with Crippen molar-refractivity contribution in [1.29, 1.82) is 0 Å². The fraction of sp³-hybridized carbons (Fsp3) is 0.273. The second-order valence-electron chi connectivity index (χ2n) is 6.34. The van der Waals surface area contributed by atoms with Gasteiger partial charge in [0.1, 0.15) is 0 Å². The zero-order valence-corrected chi connectivity index (χ0v) is 16.7. The minimum atomic E-state index is -0.524. The summed E-state index contributed by atoms with van der Waals surface area (Å²) in [6, 6.07) is 13.2. The summed E-state index contributed by atoms with van der Waals surface area (Å²) in [5.41, 5.74) is 1.78.